The first-order valence-electron chi connectivity index (χ1n) is 23.0. The van der Waals surface area contributed by atoms with Crippen molar-refractivity contribution in [1.82, 2.24) is 0 Å². The molecule has 0 saturated heterocycles. The van der Waals surface area contributed by atoms with Crippen LogP contribution in [0.1, 0.15) is 50.1 Å². The van der Waals surface area contributed by atoms with Crippen LogP contribution in [0, 0.1) is 11.3 Å². The lowest BCUT2D eigenvalue weighted by atomic mass is 9.66. The summed E-state index contributed by atoms with van der Waals surface area (Å²) >= 11 is 3.71. The number of thiophene rings is 1. The van der Waals surface area contributed by atoms with Crippen molar-refractivity contribution >= 4 is 60.3 Å². The largest absolute Gasteiger partial charge is 0.457 e. The minimum Gasteiger partial charge on any atom is -0.457 e. The summed E-state index contributed by atoms with van der Waals surface area (Å²) in [4.78, 5) is 5.04. The van der Waals surface area contributed by atoms with Crippen molar-refractivity contribution in [2.24, 2.45) is 0 Å². The van der Waals surface area contributed by atoms with Crippen LogP contribution in [0.2, 0.25) is 0 Å². The Balaban J connectivity index is 1.04. The van der Waals surface area contributed by atoms with Crippen LogP contribution in [0.15, 0.2) is 228 Å². The molecule has 2 aliphatic carbocycles. The fraction of sp³-hybridized carbons (Fsp3) is 0.0317. The molecular weight excluding hydrogens is 865 g/mol. The first-order chi connectivity index (χ1) is 33.7. The van der Waals surface area contributed by atoms with E-state index in [-0.39, 0.29) is 0 Å². The molecule has 10 aromatic carbocycles. The van der Waals surface area contributed by atoms with Crippen LogP contribution in [0.4, 0.5) is 17.1 Å². The first kappa shape index (κ1) is 38.0. The highest BCUT2D eigenvalue weighted by atomic mass is 32.2. The molecule has 0 saturated carbocycles. The summed E-state index contributed by atoms with van der Waals surface area (Å²) in [6.45, 7) is 0. The molecule has 0 radical (unpaired) electrons. The van der Waals surface area contributed by atoms with Crippen molar-refractivity contribution in [2.75, 3.05) is 4.90 Å². The van der Waals surface area contributed by atoms with Gasteiger partial charge in [0, 0.05) is 52.5 Å². The predicted molar refractivity (Wildman–Crippen MR) is 278 cm³/mol. The minimum absolute atomic E-state index is 0.538. The van der Waals surface area contributed by atoms with Crippen LogP contribution in [0.25, 0.3) is 42.4 Å². The predicted octanol–water partition coefficient (Wildman–Crippen LogP) is 16.7. The summed E-state index contributed by atoms with van der Waals surface area (Å²) in [5.74, 6) is 1.65. The van der Waals surface area contributed by atoms with Crippen molar-refractivity contribution in [3.63, 3.8) is 0 Å². The fourth-order valence-corrected chi connectivity index (χ4v) is 14.8. The molecule has 1 aromatic heterocycles. The molecule has 0 bridgehead atoms. The lowest BCUT2D eigenvalue weighted by Crippen LogP contribution is -2.32. The molecule has 5 heteroatoms. The van der Waals surface area contributed by atoms with Gasteiger partial charge < -0.3 is 9.64 Å². The number of anilines is 3. The SMILES string of the molecule is N#Cc1ccc2c(c1)-c1ccccc1C21c2ccccc2Oc2ccc(N(c3ccc4c(c3)C3(c5ccccc5S4)c4ccccc4-c4ccccc43)c3cccc4sc5ccccc5c34)cc21. The van der Waals surface area contributed by atoms with Gasteiger partial charge in [0.1, 0.15) is 11.5 Å². The van der Waals surface area contributed by atoms with Crippen molar-refractivity contribution in [3.05, 3.63) is 268 Å². The third-order valence-electron chi connectivity index (χ3n) is 15.0. The summed E-state index contributed by atoms with van der Waals surface area (Å²) in [7, 11) is 0. The Kier molecular flexibility index (Phi) is 7.80. The number of ether oxygens (including phenoxy) is 1. The Morgan fingerprint density at radius 3 is 1.74 bits per heavy atom. The number of benzene rings is 10. The van der Waals surface area contributed by atoms with E-state index in [1.165, 1.54) is 68.9 Å². The smallest absolute Gasteiger partial charge is 0.132 e. The van der Waals surface area contributed by atoms with E-state index in [0.717, 1.165) is 56.4 Å². The van der Waals surface area contributed by atoms with Gasteiger partial charge in [0.25, 0.3) is 0 Å². The maximum Gasteiger partial charge on any atom is 0.132 e. The molecule has 1 atom stereocenters. The zero-order valence-electron chi connectivity index (χ0n) is 36.4. The van der Waals surface area contributed by atoms with E-state index < -0.39 is 10.8 Å². The Morgan fingerprint density at radius 2 is 0.971 bits per heavy atom. The molecule has 3 nitrogen and oxygen atoms in total. The summed E-state index contributed by atoms with van der Waals surface area (Å²) in [6.07, 6.45) is 0. The quantitative estimate of drug-likeness (QED) is 0.177. The maximum absolute atomic E-state index is 10.2. The van der Waals surface area contributed by atoms with E-state index >= 15 is 0 Å². The fourth-order valence-electron chi connectivity index (χ4n) is 12.5. The van der Waals surface area contributed by atoms with Gasteiger partial charge in [0.15, 0.2) is 0 Å². The lowest BCUT2D eigenvalue weighted by Gasteiger charge is -2.41. The second-order valence-electron chi connectivity index (χ2n) is 18.2. The molecule has 0 amide bonds. The van der Waals surface area contributed by atoms with Gasteiger partial charge in [-0.15, -0.1) is 11.3 Å². The summed E-state index contributed by atoms with van der Waals surface area (Å²) in [5, 5.41) is 12.7. The van der Waals surface area contributed by atoms with Crippen LogP contribution in [0.3, 0.4) is 0 Å². The molecule has 4 aliphatic rings. The van der Waals surface area contributed by atoms with E-state index in [1.54, 1.807) is 0 Å². The van der Waals surface area contributed by atoms with Crippen molar-refractivity contribution in [3.8, 4) is 39.8 Å². The monoisotopic (exact) mass is 900 g/mol. The van der Waals surface area contributed by atoms with Gasteiger partial charge in [-0.1, -0.05) is 151 Å². The van der Waals surface area contributed by atoms with Crippen LogP contribution in [-0.2, 0) is 10.8 Å². The summed E-state index contributed by atoms with van der Waals surface area (Å²) in [6, 6.07) is 82.6. The third kappa shape index (κ3) is 4.83. The molecule has 1 unspecified atom stereocenters. The van der Waals surface area contributed by atoms with E-state index in [4.69, 9.17) is 4.74 Å². The Labute approximate surface area is 401 Å². The average Bonchev–Trinajstić information content (AvgIpc) is 4.03. The minimum atomic E-state index is -0.718. The summed E-state index contributed by atoms with van der Waals surface area (Å²) in [5.41, 5.74) is 17.1. The average molecular weight is 901 g/mol. The first-order valence-corrected chi connectivity index (χ1v) is 24.7. The van der Waals surface area contributed by atoms with Crippen molar-refractivity contribution < 1.29 is 4.74 Å². The molecule has 15 rings (SSSR count). The second-order valence-corrected chi connectivity index (χ2v) is 20.3. The number of nitriles is 1. The molecular formula is C63H36N2OS2. The van der Waals surface area contributed by atoms with E-state index in [1.807, 2.05) is 29.2 Å². The molecule has 68 heavy (non-hydrogen) atoms. The van der Waals surface area contributed by atoms with Crippen molar-refractivity contribution in [1.29, 1.82) is 5.26 Å². The highest BCUT2D eigenvalue weighted by Crippen LogP contribution is 2.65. The zero-order valence-corrected chi connectivity index (χ0v) is 38.0. The van der Waals surface area contributed by atoms with Gasteiger partial charge in [-0.05, 0) is 134 Å². The van der Waals surface area contributed by atoms with Gasteiger partial charge >= 0.3 is 0 Å². The topological polar surface area (TPSA) is 36.3 Å². The highest BCUT2D eigenvalue weighted by Gasteiger charge is 2.52. The molecule has 11 aromatic rings. The molecule has 2 spiro atoms. The van der Waals surface area contributed by atoms with Crippen LogP contribution >= 0.6 is 23.1 Å². The Morgan fingerprint density at radius 1 is 0.412 bits per heavy atom. The van der Waals surface area contributed by atoms with Crippen LogP contribution in [0.5, 0.6) is 11.5 Å². The molecule has 0 N–H and O–H groups in total. The van der Waals surface area contributed by atoms with E-state index in [0.29, 0.717) is 5.56 Å². The van der Waals surface area contributed by atoms with Gasteiger partial charge in [-0.3, -0.25) is 0 Å². The molecule has 316 valence electrons. The Hall–Kier alpha value is -8.14. The zero-order chi connectivity index (χ0) is 44.7. The van der Waals surface area contributed by atoms with Crippen LogP contribution < -0.4 is 9.64 Å². The highest BCUT2D eigenvalue weighted by molar-refractivity contribution is 7.99. The van der Waals surface area contributed by atoms with E-state index in [2.05, 4.69) is 223 Å². The van der Waals surface area contributed by atoms with Gasteiger partial charge in [-0.25, -0.2) is 0 Å². The number of para-hydroxylation sites is 1. The normalized spacial score (nSPS) is 15.9. The van der Waals surface area contributed by atoms with Gasteiger partial charge in [-0.2, -0.15) is 5.26 Å². The lowest BCUT2D eigenvalue weighted by molar-refractivity contribution is 0.436. The molecule has 3 heterocycles. The number of hydrogen-bond donors (Lipinski definition) is 0. The van der Waals surface area contributed by atoms with Crippen molar-refractivity contribution in [2.45, 2.75) is 20.6 Å². The van der Waals surface area contributed by atoms with Gasteiger partial charge in [0.05, 0.1) is 28.2 Å². The number of hydrogen-bond acceptors (Lipinski definition) is 5. The maximum atomic E-state index is 10.2. The standard InChI is InChI=1S/C63H36N2OS2/c64-37-38-28-31-49-45(34-38)43-16-3-7-20-48(43)62(49)50-21-8-10-24-55(50)66-56-32-29-39(35-52(56)62)65(54-23-13-27-60-61(54)44-17-4-11-25-57(44)67-60)40-30-33-59-53(36-40)63(51-22-9-12-26-58(51)68-59)46-18-5-1-14-41(46)42-15-2-6-19-47(42)63/h1-36H. The van der Waals surface area contributed by atoms with Crippen LogP contribution in [-0.4, -0.2) is 0 Å². The molecule has 0 fully saturated rings. The number of fused-ring (bicyclic) bond motifs is 21. The second kappa shape index (κ2) is 13.9. The number of rotatable bonds is 3. The number of nitrogens with zero attached hydrogens (tertiary/aromatic N) is 2. The molecule has 2 aliphatic heterocycles. The Bertz CT molecular complexity index is 4000. The van der Waals surface area contributed by atoms with E-state index in [9.17, 15) is 5.26 Å². The third-order valence-corrected chi connectivity index (χ3v) is 17.3. The van der Waals surface area contributed by atoms with Gasteiger partial charge in [0.2, 0.25) is 0 Å². The summed E-state index contributed by atoms with van der Waals surface area (Å²) < 4.78 is 9.47.